The molecule has 22 heavy (non-hydrogen) atoms. The number of anilines is 1. The van der Waals surface area contributed by atoms with Crippen LogP contribution in [0.15, 0.2) is 4.79 Å². The molecule has 6 N–H and O–H groups in total. The Morgan fingerprint density at radius 1 is 1.45 bits per heavy atom. The fourth-order valence-electron chi connectivity index (χ4n) is 2.40. The molecule has 0 amide bonds. The first-order chi connectivity index (χ1) is 10.5. The Hall–Kier alpha value is -2.52. The number of H-pyrrole nitrogens is 1. The Labute approximate surface area is 122 Å². The quantitative estimate of drug-likeness (QED) is 0.390. The average Bonchev–Trinajstić information content (AvgIpc) is 2.98. The fraction of sp³-hybridized carbons (Fsp3) is 0.455. The maximum absolute atomic E-state index is 11.9. The molecule has 1 unspecified atom stereocenters. The van der Waals surface area contributed by atoms with Crippen molar-refractivity contribution in [2.45, 2.75) is 24.5 Å². The highest BCUT2D eigenvalue weighted by Gasteiger charge is 2.44. The fourth-order valence-corrected chi connectivity index (χ4v) is 2.40. The third kappa shape index (κ3) is 1.94. The van der Waals surface area contributed by atoms with Crippen molar-refractivity contribution >= 4 is 17.0 Å². The van der Waals surface area contributed by atoms with E-state index >= 15 is 0 Å². The molecule has 1 aliphatic rings. The molecule has 0 saturated carbocycles. The summed E-state index contributed by atoms with van der Waals surface area (Å²) in [4.78, 5) is 18.0. The van der Waals surface area contributed by atoms with Gasteiger partial charge in [-0.3, -0.25) is 9.78 Å². The zero-order valence-corrected chi connectivity index (χ0v) is 11.0. The first kappa shape index (κ1) is 14.4. The standard InChI is InChI=1S/C11H12N6O5/c12-1-3-5-8(14-11(13)15-9(5)21)17(16-3)10-7(20)6(19)4(2-18)22-10/h4,6-7,10,18-20H,2H2,(H3,13,14,15,21)/t4-,6-,7-,10?/m1/s1. The summed E-state index contributed by atoms with van der Waals surface area (Å²) in [6.45, 7) is -0.519. The van der Waals surface area contributed by atoms with Gasteiger partial charge in [0.2, 0.25) is 5.95 Å². The number of hydrogen-bond acceptors (Lipinski definition) is 9. The van der Waals surface area contributed by atoms with Crippen LogP contribution in [0.1, 0.15) is 11.9 Å². The molecule has 3 heterocycles. The van der Waals surface area contributed by atoms with E-state index in [9.17, 15) is 15.0 Å². The molecule has 0 aromatic carbocycles. The van der Waals surface area contributed by atoms with E-state index in [2.05, 4.69) is 15.1 Å². The van der Waals surface area contributed by atoms with Crippen LogP contribution in [0, 0.1) is 11.3 Å². The number of aromatic nitrogens is 4. The van der Waals surface area contributed by atoms with Crippen molar-refractivity contribution in [1.29, 1.82) is 5.26 Å². The van der Waals surface area contributed by atoms with E-state index in [-0.39, 0.29) is 22.7 Å². The highest BCUT2D eigenvalue weighted by Crippen LogP contribution is 2.31. The van der Waals surface area contributed by atoms with E-state index in [4.69, 9.17) is 20.8 Å². The van der Waals surface area contributed by atoms with Crippen molar-refractivity contribution < 1.29 is 20.1 Å². The second kappa shape index (κ2) is 5.04. The van der Waals surface area contributed by atoms with Crippen molar-refractivity contribution in [1.82, 2.24) is 19.7 Å². The molecule has 0 bridgehead atoms. The summed E-state index contributed by atoms with van der Waals surface area (Å²) < 4.78 is 6.32. The third-order valence-electron chi connectivity index (χ3n) is 3.44. The Morgan fingerprint density at radius 3 is 2.77 bits per heavy atom. The number of nitrogens with zero attached hydrogens (tertiary/aromatic N) is 4. The summed E-state index contributed by atoms with van der Waals surface area (Å²) in [6, 6.07) is 1.74. The minimum absolute atomic E-state index is 0.0624. The number of nitrogens with one attached hydrogen (secondary N) is 1. The molecule has 2 aromatic rings. The van der Waals surface area contributed by atoms with Gasteiger partial charge in [-0.1, -0.05) is 0 Å². The molecule has 11 nitrogen and oxygen atoms in total. The second-order valence-electron chi connectivity index (χ2n) is 4.78. The molecule has 2 aromatic heterocycles. The van der Waals surface area contributed by atoms with Crippen LogP contribution >= 0.6 is 0 Å². The van der Waals surface area contributed by atoms with E-state index in [1.165, 1.54) is 0 Å². The number of aromatic amines is 1. The van der Waals surface area contributed by atoms with Crippen LogP contribution in [0.25, 0.3) is 11.0 Å². The highest BCUT2D eigenvalue weighted by atomic mass is 16.6. The predicted molar refractivity (Wildman–Crippen MR) is 70.3 cm³/mol. The molecule has 0 radical (unpaired) electrons. The van der Waals surface area contributed by atoms with Crippen molar-refractivity contribution in [3.8, 4) is 6.07 Å². The number of fused-ring (bicyclic) bond motifs is 1. The largest absolute Gasteiger partial charge is 0.394 e. The maximum Gasteiger partial charge on any atom is 0.264 e. The molecule has 1 aliphatic heterocycles. The molecule has 1 saturated heterocycles. The van der Waals surface area contributed by atoms with Crippen molar-refractivity contribution in [3.05, 3.63) is 16.0 Å². The molecule has 11 heteroatoms. The average molecular weight is 308 g/mol. The summed E-state index contributed by atoms with van der Waals surface area (Å²) in [5.41, 5.74) is 4.54. The Bertz CT molecular complexity index is 823. The van der Waals surface area contributed by atoms with E-state index in [1.54, 1.807) is 6.07 Å². The second-order valence-corrected chi connectivity index (χ2v) is 4.78. The van der Waals surface area contributed by atoms with Crippen LogP contribution in [0.2, 0.25) is 0 Å². The van der Waals surface area contributed by atoms with E-state index in [0.29, 0.717) is 0 Å². The van der Waals surface area contributed by atoms with Gasteiger partial charge in [0.25, 0.3) is 5.56 Å². The predicted octanol–water partition coefficient (Wildman–Crippen LogP) is -2.82. The van der Waals surface area contributed by atoms with E-state index in [1.807, 2.05) is 0 Å². The lowest BCUT2D eigenvalue weighted by atomic mass is 10.1. The number of nitrogen functional groups attached to an aromatic ring is 1. The summed E-state index contributed by atoms with van der Waals surface area (Å²) in [5.74, 6) is -0.199. The molecule has 116 valence electrons. The van der Waals surface area contributed by atoms with Gasteiger partial charge in [-0.25, -0.2) is 4.68 Å². The van der Waals surface area contributed by atoms with E-state index in [0.717, 1.165) is 4.68 Å². The molecule has 3 rings (SSSR count). The number of aliphatic hydroxyl groups excluding tert-OH is 3. The SMILES string of the molecule is N#Cc1nn(C2O[C@H](CO)[C@@H](O)[C@H]2O)c2nc(N)[nH]c(=O)c12. The zero-order chi connectivity index (χ0) is 16.0. The molecule has 4 atom stereocenters. The minimum atomic E-state index is -1.42. The zero-order valence-electron chi connectivity index (χ0n) is 11.0. The van der Waals surface area contributed by atoms with Crippen molar-refractivity contribution in [2.24, 2.45) is 0 Å². The Balaban J connectivity index is 2.20. The molecular formula is C11H12N6O5. The summed E-state index contributed by atoms with van der Waals surface area (Å²) in [6.07, 6.45) is -5.01. The van der Waals surface area contributed by atoms with Gasteiger partial charge in [0.15, 0.2) is 17.6 Å². The van der Waals surface area contributed by atoms with Crippen molar-refractivity contribution in [2.75, 3.05) is 12.3 Å². The van der Waals surface area contributed by atoms with Gasteiger partial charge in [-0.2, -0.15) is 15.3 Å². The van der Waals surface area contributed by atoms with Gasteiger partial charge < -0.3 is 25.8 Å². The summed E-state index contributed by atoms with van der Waals surface area (Å²) >= 11 is 0. The van der Waals surface area contributed by atoms with Gasteiger partial charge in [-0.05, 0) is 0 Å². The van der Waals surface area contributed by atoms with Crippen LogP contribution in [-0.2, 0) is 4.74 Å². The lowest BCUT2D eigenvalue weighted by Crippen LogP contribution is -2.33. The van der Waals surface area contributed by atoms with Gasteiger partial charge in [0.05, 0.1) is 6.61 Å². The smallest absolute Gasteiger partial charge is 0.264 e. The van der Waals surface area contributed by atoms with E-state index < -0.39 is 36.7 Å². The minimum Gasteiger partial charge on any atom is -0.394 e. The Kier molecular flexibility index (Phi) is 3.30. The van der Waals surface area contributed by atoms with Crippen molar-refractivity contribution in [3.63, 3.8) is 0 Å². The first-order valence-electron chi connectivity index (χ1n) is 6.28. The highest BCUT2D eigenvalue weighted by molar-refractivity contribution is 5.80. The van der Waals surface area contributed by atoms with Gasteiger partial charge in [0.1, 0.15) is 29.8 Å². The van der Waals surface area contributed by atoms with Gasteiger partial charge >= 0.3 is 0 Å². The molecule has 1 fully saturated rings. The number of hydrogen-bond donors (Lipinski definition) is 5. The monoisotopic (exact) mass is 308 g/mol. The lowest BCUT2D eigenvalue weighted by Gasteiger charge is -2.15. The molecular weight excluding hydrogens is 296 g/mol. The summed E-state index contributed by atoms with van der Waals surface area (Å²) in [5, 5.41) is 41.8. The van der Waals surface area contributed by atoms with Crippen LogP contribution < -0.4 is 11.3 Å². The normalized spacial score (nSPS) is 28.1. The summed E-state index contributed by atoms with van der Waals surface area (Å²) in [7, 11) is 0. The lowest BCUT2D eigenvalue weighted by molar-refractivity contribution is -0.0567. The topological polar surface area (TPSA) is 183 Å². The molecule has 0 spiro atoms. The number of nitriles is 1. The molecule has 0 aliphatic carbocycles. The number of nitrogens with two attached hydrogens (primary N) is 1. The third-order valence-corrected chi connectivity index (χ3v) is 3.44. The van der Waals surface area contributed by atoms with Crippen LogP contribution in [0.5, 0.6) is 0 Å². The van der Waals surface area contributed by atoms with Crippen LogP contribution in [0.4, 0.5) is 5.95 Å². The first-order valence-corrected chi connectivity index (χ1v) is 6.28. The van der Waals surface area contributed by atoms with Crippen LogP contribution in [0.3, 0.4) is 0 Å². The number of rotatable bonds is 2. The maximum atomic E-state index is 11.9. The van der Waals surface area contributed by atoms with Gasteiger partial charge in [-0.15, -0.1) is 0 Å². The number of aliphatic hydroxyl groups is 3. The van der Waals surface area contributed by atoms with Crippen LogP contribution in [-0.4, -0.2) is 60.0 Å². The Morgan fingerprint density at radius 2 is 2.18 bits per heavy atom. The van der Waals surface area contributed by atoms with Gasteiger partial charge in [0, 0.05) is 0 Å². The number of ether oxygens (including phenoxy) is 1.